The highest BCUT2D eigenvalue weighted by atomic mass is 16.5. The lowest BCUT2D eigenvalue weighted by molar-refractivity contribution is -0.143. The topological polar surface area (TPSA) is 26.3 Å². The van der Waals surface area contributed by atoms with Gasteiger partial charge in [-0.05, 0) is 5.56 Å². The van der Waals surface area contributed by atoms with Crippen molar-refractivity contribution >= 4 is 5.97 Å². The Morgan fingerprint density at radius 2 is 2.08 bits per heavy atom. The van der Waals surface area contributed by atoms with Crippen LogP contribution >= 0.6 is 0 Å². The minimum absolute atomic E-state index is 0.0346. The van der Waals surface area contributed by atoms with Crippen molar-refractivity contribution in [1.29, 1.82) is 0 Å². The molecule has 0 bridgehead atoms. The van der Waals surface area contributed by atoms with Gasteiger partial charge in [0.2, 0.25) is 0 Å². The molecule has 66 valence electrons. The second-order valence-corrected chi connectivity index (χ2v) is 2.53. The number of benzene rings is 1. The Balaban J connectivity index is 2.36. The molecule has 1 aromatic rings. The number of hydrogen-bond acceptors (Lipinski definition) is 2. The van der Waals surface area contributed by atoms with Crippen LogP contribution in [0.25, 0.3) is 0 Å². The summed E-state index contributed by atoms with van der Waals surface area (Å²) in [5, 5.41) is 0. The Morgan fingerprint density at radius 1 is 1.38 bits per heavy atom. The molecule has 13 heavy (non-hydrogen) atoms. The third kappa shape index (κ3) is 3.44. The molecule has 0 atom stereocenters. The number of carbonyl (C=O) groups excluding carboxylic acids is 1. The number of carbonyl (C=O) groups is 1. The lowest BCUT2D eigenvalue weighted by Crippen LogP contribution is -2.02. The third-order valence-corrected chi connectivity index (χ3v) is 1.49. The van der Waals surface area contributed by atoms with E-state index in [0.29, 0.717) is 6.61 Å². The van der Waals surface area contributed by atoms with Crippen molar-refractivity contribution in [3.8, 4) is 12.3 Å². The lowest BCUT2D eigenvalue weighted by atomic mass is 10.2. The maximum absolute atomic E-state index is 10.9. The van der Waals surface area contributed by atoms with Crippen molar-refractivity contribution in [2.75, 3.05) is 0 Å². The van der Waals surface area contributed by atoms with Crippen LogP contribution in [0, 0.1) is 12.3 Å². The molecule has 0 saturated carbocycles. The Hall–Kier alpha value is -1.75. The molecule has 0 heterocycles. The fourth-order valence-electron chi connectivity index (χ4n) is 0.872. The molecule has 0 saturated heterocycles. The van der Waals surface area contributed by atoms with Crippen LogP contribution in [-0.4, -0.2) is 5.97 Å². The Morgan fingerprint density at radius 3 is 2.69 bits per heavy atom. The van der Waals surface area contributed by atoms with Crippen molar-refractivity contribution in [1.82, 2.24) is 0 Å². The highest BCUT2D eigenvalue weighted by Gasteiger charge is 1.99. The van der Waals surface area contributed by atoms with E-state index in [4.69, 9.17) is 11.2 Å². The predicted molar refractivity (Wildman–Crippen MR) is 49.7 cm³/mol. The Labute approximate surface area is 77.5 Å². The zero-order chi connectivity index (χ0) is 9.52. The summed E-state index contributed by atoms with van der Waals surface area (Å²) in [6.07, 6.45) is 4.98. The molecular formula is C11H10O2. The van der Waals surface area contributed by atoms with Crippen molar-refractivity contribution < 1.29 is 9.53 Å². The van der Waals surface area contributed by atoms with Crippen molar-refractivity contribution in [2.45, 2.75) is 13.0 Å². The first-order valence-corrected chi connectivity index (χ1v) is 3.96. The monoisotopic (exact) mass is 174 g/mol. The van der Waals surface area contributed by atoms with Crippen LogP contribution in [-0.2, 0) is 16.1 Å². The van der Waals surface area contributed by atoms with Crippen LogP contribution in [0.15, 0.2) is 30.3 Å². The van der Waals surface area contributed by atoms with E-state index in [1.807, 2.05) is 30.3 Å². The van der Waals surface area contributed by atoms with Crippen LogP contribution in [0.1, 0.15) is 12.0 Å². The van der Waals surface area contributed by atoms with E-state index >= 15 is 0 Å². The van der Waals surface area contributed by atoms with Gasteiger partial charge in [-0.25, -0.2) is 0 Å². The molecular weight excluding hydrogens is 164 g/mol. The molecule has 0 aromatic heterocycles. The summed E-state index contributed by atoms with van der Waals surface area (Å²) in [6, 6.07) is 9.48. The van der Waals surface area contributed by atoms with Crippen molar-refractivity contribution in [3.05, 3.63) is 35.9 Å². The number of terminal acetylenes is 1. The van der Waals surface area contributed by atoms with Gasteiger partial charge in [0.1, 0.15) is 13.0 Å². The van der Waals surface area contributed by atoms with Gasteiger partial charge in [-0.1, -0.05) is 36.3 Å². The molecule has 0 radical (unpaired) electrons. The number of esters is 1. The molecule has 0 unspecified atom stereocenters. The number of hydrogen-bond donors (Lipinski definition) is 0. The van der Waals surface area contributed by atoms with Gasteiger partial charge in [-0.15, -0.1) is 6.42 Å². The summed E-state index contributed by atoms with van der Waals surface area (Å²) >= 11 is 0. The van der Waals surface area contributed by atoms with Crippen LogP contribution < -0.4 is 0 Å². The van der Waals surface area contributed by atoms with Gasteiger partial charge in [-0.3, -0.25) is 4.79 Å². The predicted octanol–water partition coefficient (Wildman–Crippen LogP) is 1.75. The molecule has 1 aromatic carbocycles. The van der Waals surface area contributed by atoms with E-state index in [9.17, 15) is 4.79 Å². The summed E-state index contributed by atoms with van der Waals surface area (Å²) in [5.41, 5.74) is 0.966. The van der Waals surface area contributed by atoms with Gasteiger partial charge < -0.3 is 4.74 Å². The van der Waals surface area contributed by atoms with Gasteiger partial charge in [0.15, 0.2) is 0 Å². The van der Waals surface area contributed by atoms with Crippen LogP contribution in [0.2, 0.25) is 0 Å². The minimum atomic E-state index is -0.355. The van der Waals surface area contributed by atoms with Crippen molar-refractivity contribution in [2.24, 2.45) is 0 Å². The molecule has 0 amide bonds. The molecule has 0 fully saturated rings. The first kappa shape index (κ1) is 9.34. The second kappa shape index (κ2) is 5.00. The summed E-state index contributed by atoms with van der Waals surface area (Å²) in [6.45, 7) is 0.293. The summed E-state index contributed by atoms with van der Waals surface area (Å²) in [5.74, 6) is 1.87. The van der Waals surface area contributed by atoms with Gasteiger partial charge in [0.05, 0.1) is 0 Å². The third-order valence-electron chi connectivity index (χ3n) is 1.49. The van der Waals surface area contributed by atoms with E-state index in [2.05, 4.69) is 5.92 Å². The molecule has 0 aliphatic carbocycles. The molecule has 0 aliphatic rings. The average Bonchev–Trinajstić information content (AvgIpc) is 2.17. The van der Waals surface area contributed by atoms with Crippen LogP contribution in [0.5, 0.6) is 0 Å². The molecule has 0 aliphatic heterocycles. The van der Waals surface area contributed by atoms with E-state index in [-0.39, 0.29) is 12.4 Å². The van der Waals surface area contributed by atoms with Gasteiger partial charge in [0.25, 0.3) is 0 Å². The quantitative estimate of drug-likeness (QED) is 0.515. The SMILES string of the molecule is C#CCC(=O)OCc1ccccc1. The highest BCUT2D eigenvalue weighted by Crippen LogP contribution is 2.00. The molecule has 2 heteroatoms. The minimum Gasteiger partial charge on any atom is -0.460 e. The Bertz CT molecular complexity index is 309. The summed E-state index contributed by atoms with van der Waals surface area (Å²) in [4.78, 5) is 10.9. The zero-order valence-corrected chi connectivity index (χ0v) is 7.19. The van der Waals surface area contributed by atoms with Gasteiger partial charge in [0, 0.05) is 0 Å². The molecule has 1 rings (SSSR count). The maximum atomic E-state index is 10.9. The van der Waals surface area contributed by atoms with E-state index in [0.717, 1.165) is 5.56 Å². The largest absolute Gasteiger partial charge is 0.460 e. The van der Waals surface area contributed by atoms with Gasteiger partial charge in [-0.2, -0.15) is 0 Å². The highest BCUT2D eigenvalue weighted by molar-refractivity contribution is 5.72. The van der Waals surface area contributed by atoms with E-state index in [1.165, 1.54) is 0 Å². The van der Waals surface area contributed by atoms with Crippen LogP contribution in [0.4, 0.5) is 0 Å². The zero-order valence-electron chi connectivity index (χ0n) is 7.19. The lowest BCUT2D eigenvalue weighted by Gasteiger charge is -2.01. The fourth-order valence-corrected chi connectivity index (χ4v) is 0.872. The first-order chi connectivity index (χ1) is 6.33. The second-order valence-electron chi connectivity index (χ2n) is 2.53. The summed E-state index contributed by atoms with van der Waals surface area (Å²) < 4.78 is 4.89. The smallest absolute Gasteiger partial charge is 0.318 e. The first-order valence-electron chi connectivity index (χ1n) is 3.96. The molecule has 0 N–H and O–H groups in total. The summed E-state index contributed by atoms with van der Waals surface area (Å²) in [7, 11) is 0. The molecule has 0 spiro atoms. The van der Waals surface area contributed by atoms with Crippen LogP contribution in [0.3, 0.4) is 0 Å². The standard InChI is InChI=1S/C11H10O2/c1-2-6-11(12)13-9-10-7-4-3-5-8-10/h1,3-5,7-8H,6,9H2. The van der Waals surface area contributed by atoms with E-state index < -0.39 is 0 Å². The number of rotatable bonds is 3. The Kier molecular flexibility index (Phi) is 3.59. The number of ether oxygens (including phenoxy) is 1. The van der Waals surface area contributed by atoms with Crippen molar-refractivity contribution in [3.63, 3.8) is 0 Å². The maximum Gasteiger partial charge on any atom is 0.318 e. The van der Waals surface area contributed by atoms with Gasteiger partial charge >= 0.3 is 5.97 Å². The average molecular weight is 174 g/mol. The normalized spacial score (nSPS) is 8.85. The van der Waals surface area contributed by atoms with E-state index in [1.54, 1.807) is 0 Å². The fraction of sp³-hybridized carbons (Fsp3) is 0.182. The molecule has 2 nitrogen and oxygen atoms in total.